The fraction of sp³-hybridized carbons (Fsp3) is 0.146. The summed E-state index contributed by atoms with van der Waals surface area (Å²) >= 11 is 2.24. The Morgan fingerprint density at radius 2 is 1.43 bits per heavy atom. The van der Waals surface area contributed by atoms with Crippen molar-refractivity contribution in [3.05, 3.63) is 148 Å². The molecule has 0 radical (unpaired) electrons. The molecule has 0 aliphatic rings. The van der Waals surface area contributed by atoms with Crippen LogP contribution in [-0.2, 0) is 14.3 Å². The molecule has 0 spiro atoms. The summed E-state index contributed by atoms with van der Waals surface area (Å²) in [5, 5.41) is 10.8. The minimum Gasteiger partial charge on any atom is -0.462 e. The van der Waals surface area contributed by atoms with Gasteiger partial charge in [-0.25, -0.2) is 4.79 Å². The average Bonchev–Trinajstić information content (AvgIpc) is 3.48. The van der Waals surface area contributed by atoms with Gasteiger partial charge in [-0.05, 0) is 92.9 Å². The lowest BCUT2D eigenvalue weighted by atomic mass is 10.1. The number of hydrogen-bond donors (Lipinski definition) is 4. The molecule has 12 heteroatoms. The van der Waals surface area contributed by atoms with Gasteiger partial charge in [0, 0.05) is 21.8 Å². The van der Waals surface area contributed by atoms with Gasteiger partial charge in [-0.1, -0.05) is 66.7 Å². The first-order valence-corrected chi connectivity index (χ1v) is 18.4. The molecule has 4 aromatic carbocycles. The van der Waals surface area contributed by atoms with Gasteiger partial charge in [-0.2, -0.15) is 0 Å². The molecule has 0 aliphatic carbocycles. The van der Waals surface area contributed by atoms with E-state index in [-0.39, 0.29) is 27.7 Å². The van der Waals surface area contributed by atoms with E-state index in [1.807, 2.05) is 37.3 Å². The van der Waals surface area contributed by atoms with Gasteiger partial charge in [0.2, 0.25) is 5.91 Å². The van der Waals surface area contributed by atoms with Crippen LogP contribution in [-0.4, -0.2) is 41.5 Å². The van der Waals surface area contributed by atoms with Gasteiger partial charge in [0.05, 0.1) is 22.3 Å². The molecular formula is C41H38N4O6S2. The van der Waals surface area contributed by atoms with E-state index in [0.717, 1.165) is 22.5 Å². The second-order valence-corrected chi connectivity index (χ2v) is 14.2. The Bertz CT molecular complexity index is 2170. The standard InChI is InChI=1S/C41H38N4O6S2/c1-5-51-41(50)34-26(3)35(39(49)42-30-19-10-7-11-20-30)53-40(34)45-36(46)27(4)52-32-22-14-21-31(24-32)43-38(48)33(23-29-18-13-12-15-25(29)2)44-37(47)28-16-8-6-9-17-28/h6-24,27H,5H2,1-4H3,(H,42,49)(H,43,48)(H,44,47)(H,45,46)/b33-23-. The monoisotopic (exact) mass is 746 g/mol. The molecule has 270 valence electrons. The van der Waals surface area contributed by atoms with Crippen LogP contribution in [0.2, 0.25) is 0 Å². The minimum absolute atomic E-state index is 0.0550. The molecule has 53 heavy (non-hydrogen) atoms. The Morgan fingerprint density at radius 3 is 2.13 bits per heavy atom. The second-order valence-electron chi connectivity index (χ2n) is 11.8. The van der Waals surface area contributed by atoms with Crippen LogP contribution >= 0.6 is 23.1 Å². The summed E-state index contributed by atoms with van der Waals surface area (Å²) in [6.07, 6.45) is 1.63. The topological polar surface area (TPSA) is 143 Å². The van der Waals surface area contributed by atoms with E-state index in [1.165, 1.54) is 11.8 Å². The number of esters is 1. The molecule has 0 fully saturated rings. The number of carbonyl (C=O) groups is 5. The Morgan fingerprint density at radius 1 is 0.774 bits per heavy atom. The number of anilines is 3. The van der Waals surface area contributed by atoms with Gasteiger partial charge in [0.15, 0.2) is 0 Å². The predicted molar refractivity (Wildman–Crippen MR) is 211 cm³/mol. The number of benzene rings is 4. The first kappa shape index (κ1) is 38.3. The number of aryl methyl sites for hydroxylation is 1. The number of nitrogens with one attached hydrogen (secondary N) is 4. The number of ether oxygens (including phenoxy) is 1. The highest BCUT2D eigenvalue weighted by atomic mass is 32.2. The highest BCUT2D eigenvalue weighted by molar-refractivity contribution is 8.00. The molecule has 4 amide bonds. The third-order valence-corrected chi connectivity index (χ3v) is 10.2. The smallest absolute Gasteiger partial charge is 0.341 e. The maximum atomic E-state index is 13.6. The summed E-state index contributed by atoms with van der Waals surface area (Å²) in [7, 11) is 0. The molecule has 0 saturated heterocycles. The normalized spacial score (nSPS) is 11.6. The van der Waals surface area contributed by atoms with Crippen LogP contribution in [0.4, 0.5) is 16.4 Å². The zero-order valence-corrected chi connectivity index (χ0v) is 31.2. The van der Waals surface area contributed by atoms with Gasteiger partial charge in [0.25, 0.3) is 17.7 Å². The maximum absolute atomic E-state index is 13.6. The van der Waals surface area contributed by atoms with Crippen molar-refractivity contribution in [2.24, 2.45) is 0 Å². The highest BCUT2D eigenvalue weighted by Crippen LogP contribution is 2.35. The lowest BCUT2D eigenvalue weighted by Crippen LogP contribution is -2.30. The Labute approximate surface area is 316 Å². The molecule has 0 bridgehead atoms. The van der Waals surface area contributed by atoms with E-state index in [9.17, 15) is 24.0 Å². The molecule has 1 heterocycles. The average molecular weight is 747 g/mol. The molecule has 0 saturated carbocycles. The zero-order valence-electron chi connectivity index (χ0n) is 29.5. The quantitative estimate of drug-likeness (QED) is 0.0539. The van der Waals surface area contributed by atoms with Crippen molar-refractivity contribution in [1.82, 2.24) is 5.32 Å². The summed E-state index contributed by atoms with van der Waals surface area (Å²) in [5.74, 6) is -2.42. The first-order valence-electron chi connectivity index (χ1n) is 16.7. The van der Waals surface area contributed by atoms with Crippen LogP contribution in [0.3, 0.4) is 0 Å². The van der Waals surface area contributed by atoms with E-state index < -0.39 is 34.8 Å². The fourth-order valence-electron chi connectivity index (χ4n) is 5.14. The zero-order chi connectivity index (χ0) is 37.9. The molecule has 5 rings (SSSR count). The molecule has 5 aromatic rings. The van der Waals surface area contributed by atoms with E-state index in [2.05, 4.69) is 21.3 Å². The summed E-state index contributed by atoms with van der Waals surface area (Å²) in [4.78, 5) is 67.3. The predicted octanol–water partition coefficient (Wildman–Crippen LogP) is 8.32. The Balaban J connectivity index is 1.31. The van der Waals surface area contributed by atoms with Gasteiger partial charge < -0.3 is 26.0 Å². The van der Waals surface area contributed by atoms with Crippen LogP contribution in [0.15, 0.2) is 120 Å². The van der Waals surface area contributed by atoms with E-state index in [1.54, 1.807) is 106 Å². The summed E-state index contributed by atoms with van der Waals surface area (Å²) < 4.78 is 5.26. The number of thioether (sulfide) groups is 1. The molecule has 10 nitrogen and oxygen atoms in total. The minimum atomic E-state index is -0.651. The number of thiophene rings is 1. The number of rotatable bonds is 13. The molecule has 1 atom stereocenters. The molecule has 1 aromatic heterocycles. The van der Waals surface area contributed by atoms with Crippen LogP contribution in [0.5, 0.6) is 0 Å². The van der Waals surface area contributed by atoms with Crippen molar-refractivity contribution in [2.45, 2.75) is 37.8 Å². The third kappa shape index (κ3) is 10.1. The summed E-state index contributed by atoms with van der Waals surface area (Å²) in [6, 6.07) is 32.0. The van der Waals surface area contributed by atoms with Gasteiger partial charge >= 0.3 is 5.97 Å². The lowest BCUT2D eigenvalue weighted by Gasteiger charge is -2.14. The van der Waals surface area contributed by atoms with Crippen LogP contribution in [0.1, 0.15) is 60.9 Å². The SMILES string of the molecule is CCOC(=O)c1c(NC(=O)C(C)Sc2cccc(NC(=O)/C(=C/c3ccccc3C)NC(=O)c3ccccc3)c2)sc(C(=O)Nc2ccccc2)c1C. The highest BCUT2D eigenvalue weighted by Gasteiger charge is 2.28. The number of carbonyl (C=O) groups excluding carboxylic acids is 5. The fourth-order valence-corrected chi connectivity index (χ4v) is 7.16. The number of hydrogen-bond acceptors (Lipinski definition) is 8. The molecule has 4 N–H and O–H groups in total. The van der Waals surface area contributed by atoms with Gasteiger partial charge in [-0.15, -0.1) is 23.1 Å². The number of para-hydroxylation sites is 1. The second kappa shape index (κ2) is 18.0. The maximum Gasteiger partial charge on any atom is 0.341 e. The van der Waals surface area contributed by atoms with Crippen LogP contribution in [0.25, 0.3) is 6.08 Å². The number of amides is 4. The largest absolute Gasteiger partial charge is 0.462 e. The van der Waals surface area contributed by atoms with E-state index in [4.69, 9.17) is 4.74 Å². The molecule has 0 aliphatic heterocycles. The van der Waals surface area contributed by atoms with Crippen LogP contribution < -0.4 is 21.3 Å². The summed E-state index contributed by atoms with van der Waals surface area (Å²) in [6.45, 7) is 7.07. The van der Waals surface area contributed by atoms with Gasteiger partial charge in [0.1, 0.15) is 10.7 Å². The first-order chi connectivity index (χ1) is 25.5. The van der Waals surface area contributed by atoms with Crippen molar-refractivity contribution < 1.29 is 28.7 Å². The molecule has 1 unspecified atom stereocenters. The summed E-state index contributed by atoms with van der Waals surface area (Å²) in [5.41, 5.74) is 3.72. The molecular weight excluding hydrogens is 709 g/mol. The Kier molecular flexibility index (Phi) is 13.0. The van der Waals surface area contributed by atoms with Crippen LogP contribution in [0, 0.1) is 13.8 Å². The van der Waals surface area contributed by atoms with Crippen molar-refractivity contribution in [3.63, 3.8) is 0 Å². The van der Waals surface area contributed by atoms with Crippen molar-refractivity contribution in [2.75, 3.05) is 22.6 Å². The third-order valence-electron chi connectivity index (χ3n) is 7.89. The van der Waals surface area contributed by atoms with Crippen molar-refractivity contribution in [3.8, 4) is 0 Å². The lowest BCUT2D eigenvalue weighted by molar-refractivity contribution is -0.115. The van der Waals surface area contributed by atoms with Gasteiger partial charge in [-0.3, -0.25) is 19.2 Å². The van der Waals surface area contributed by atoms with Crippen molar-refractivity contribution in [1.29, 1.82) is 0 Å². The Hall–Kier alpha value is -5.98. The van der Waals surface area contributed by atoms with Crippen molar-refractivity contribution >= 4 is 75.1 Å². The van der Waals surface area contributed by atoms with E-state index >= 15 is 0 Å². The van der Waals surface area contributed by atoms with E-state index in [0.29, 0.717) is 27.4 Å².